The zero-order valence-electron chi connectivity index (χ0n) is 26.8. The number of nitrogens with zero attached hydrogens (tertiary/aromatic N) is 2. The van der Waals surface area contributed by atoms with Crippen molar-refractivity contribution in [3.63, 3.8) is 0 Å². The Labute approximate surface area is 258 Å². The zero-order valence-corrected chi connectivity index (χ0v) is 26.8. The van der Waals surface area contributed by atoms with Crippen LogP contribution in [0.15, 0.2) is 23.8 Å². The van der Waals surface area contributed by atoms with Crippen LogP contribution in [0.4, 0.5) is 13.6 Å². The fraction of sp³-hybridized carbons (Fsp3) is 0.788. The number of ketones is 2. The molecule has 5 aliphatic rings. The number of fused-ring (bicyclic) bond motifs is 7. The lowest BCUT2D eigenvalue weighted by atomic mass is 9.44. The number of hydrogen-bond donors (Lipinski definition) is 1. The number of carbonyl (C=O) groups excluding carboxylic acids is 3. The summed E-state index contributed by atoms with van der Waals surface area (Å²) in [6, 6.07) is 0. The number of alkyl halides is 2. The minimum atomic E-state index is -2.28. The second-order valence-corrected chi connectivity index (χ2v) is 13.7. The lowest BCUT2D eigenvalue weighted by molar-refractivity contribution is -0.234. The molecule has 3 saturated carbocycles. The van der Waals surface area contributed by atoms with E-state index >= 15 is 8.78 Å². The minimum Gasteiger partial charge on any atom is -0.441 e. The number of aliphatic hydroxyl groups is 1. The highest BCUT2D eigenvalue weighted by molar-refractivity contribution is 6.01. The Kier molecular flexibility index (Phi) is 8.94. The molecule has 4 fully saturated rings. The number of carbonyl (C=O) groups is 3. The second-order valence-electron chi connectivity index (χ2n) is 13.7. The molecule has 1 aliphatic heterocycles. The molecule has 0 spiro atoms. The summed E-state index contributed by atoms with van der Waals surface area (Å²) in [6.45, 7) is 10.9. The predicted octanol–water partition coefficient (Wildman–Crippen LogP) is 4.17. The van der Waals surface area contributed by atoms with Gasteiger partial charge < -0.3 is 29.1 Å². The van der Waals surface area contributed by atoms with Gasteiger partial charge in [-0.2, -0.15) is 0 Å². The molecule has 0 aromatic heterocycles. The Balaban J connectivity index is 1.46. The van der Waals surface area contributed by atoms with Gasteiger partial charge in [0.2, 0.25) is 5.78 Å². The van der Waals surface area contributed by atoms with E-state index in [1.807, 2.05) is 27.8 Å². The molecule has 5 rings (SSSR count). The minimum absolute atomic E-state index is 0.0448. The number of aliphatic hydroxyl groups excluding tert-OH is 1. The summed E-state index contributed by atoms with van der Waals surface area (Å²) in [5.74, 6) is -2.47. The van der Waals surface area contributed by atoms with Crippen LogP contribution >= 0.6 is 0 Å². The van der Waals surface area contributed by atoms with E-state index in [-0.39, 0.29) is 24.8 Å². The van der Waals surface area contributed by atoms with Gasteiger partial charge in [-0.15, -0.1) is 0 Å². The summed E-state index contributed by atoms with van der Waals surface area (Å²) in [5.41, 5.74) is -6.52. The highest BCUT2D eigenvalue weighted by atomic mass is 19.1. The van der Waals surface area contributed by atoms with Crippen molar-refractivity contribution in [1.29, 1.82) is 0 Å². The molecule has 0 bridgehead atoms. The molecule has 1 unspecified atom stereocenters. The molecule has 44 heavy (non-hydrogen) atoms. The molecule has 1 saturated heterocycles. The van der Waals surface area contributed by atoms with Gasteiger partial charge in [-0.05, 0) is 76.8 Å². The average Bonchev–Trinajstić information content (AvgIpc) is 3.46. The first-order valence-corrected chi connectivity index (χ1v) is 16.2. The molecule has 0 radical (unpaired) electrons. The maximum Gasteiger partial charge on any atom is 0.410 e. The highest BCUT2D eigenvalue weighted by Crippen LogP contribution is 2.72. The monoisotopic (exact) mass is 622 g/mol. The third kappa shape index (κ3) is 4.71. The van der Waals surface area contributed by atoms with Crippen molar-refractivity contribution in [3.8, 4) is 0 Å². The second kappa shape index (κ2) is 11.9. The Morgan fingerprint density at radius 1 is 1.14 bits per heavy atom. The van der Waals surface area contributed by atoms with Crippen LogP contribution in [0, 0.1) is 22.7 Å². The lowest BCUT2D eigenvalue weighted by Crippen LogP contribution is -2.71. The van der Waals surface area contributed by atoms with Crippen LogP contribution in [0.1, 0.15) is 66.7 Å². The van der Waals surface area contributed by atoms with Crippen molar-refractivity contribution in [2.75, 3.05) is 39.8 Å². The summed E-state index contributed by atoms with van der Waals surface area (Å²) >= 11 is 0. The maximum absolute atomic E-state index is 17.6. The zero-order chi connectivity index (χ0) is 32.2. The molecule has 4 aliphatic carbocycles. The molecule has 1 N–H and O–H groups in total. The first kappa shape index (κ1) is 33.2. The van der Waals surface area contributed by atoms with Crippen molar-refractivity contribution in [3.05, 3.63) is 23.8 Å². The first-order chi connectivity index (χ1) is 20.7. The quantitative estimate of drug-likeness (QED) is 0.387. The highest BCUT2D eigenvalue weighted by Gasteiger charge is 2.80. The number of likely N-dealkylation sites (N-methyl/N-ethyl adjacent to an activating group) is 2. The molecular weight excluding hydrogens is 574 g/mol. The lowest BCUT2D eigenvalue weighted by Gasteiger charge is -2.63. The summed E-state index contributed by atoms with van der Waals surface area (Å²) in [7, 11) is 1.95. The van der Waals surface area contributed by atoms with Gasteiger partial charge in [-0.1, -0.05) is 33.3 Å². The standard InChI is InChI=1S/C33H48F2N2O7/c1-7-10-28-43-27-17-21-22-16-24(34)23-15-20(38)11-12-30(23,4)32(22,35)25(39)18-31(21,5)33(27,44-28)26(40)19-42-29(41)37(9-3)14-13-36(6)8-2/h11-12,15,21-22,24-25,27-28,39H,7-10,13-14,16-19H2,1-6H3/t21-,22-,24-,25-,27+,28?,30-,31-,32-,33+/m0/s1. The summed E-state index contributed by atoms with van der Waals surface area (Å²) in [6.07, 6.45) is -0.355. The third-order valence-corrected chi connectivity index (χ3v) is 11.6. The molecule has 246 valence electrons. The van der Waals surface area contributed by atoms with E-state index < -0.39 is 82.9 Å². The van der Waals surface area contributed by atoms with E-state index in [1.54, 1.807) is 13.8 Å². The number of allylic oxidation sites excluding steroid dienone is 4. The molecule has 1 heterocycles. The van der Waals surface area contributed by atoms with Crippen LogP contribution < -0.4 is 0 Å². The van der Waals surface area contributed by atoms with Crippen molar-refractivity contribution in [2.24, 2.45) is 22.7 Å². The SMILES string of the molecule is CCCC1O[C@@H]2C[C@H]3[C@@H]4C[C@H](F)C5=CC(=O)C=C[C@]5(C)[C@@]4(F)[C@@H](O)C[C@]3(C)[C@]2(C(=O)COC(=O)N(CC)CCN(C)CC)O1. The van der Waals surface area contributed by atoms with Crippen LogP contribution in [0.25, 0.3) is 0 Å². The van der Waals surface area contributed by atoms with Crippen molar-refractivity contribution >= 4 is 17.7 Å². The molecule has 9 nitrogen and oxygen atoms in total. The third-order valence-electron chi connectivity index (χ3n) is 11.6. The number of amides is 1. The topological polar surface area (TPSA) is 106 Å². The molecular formula is C33H48F2N2O7. The van der Waals surface area contributed by atoms with E-state index in [2.05, 4.69) is 4.90 Å². The van der Waals surface area contributed by atoms with Crippen LogP contribution in [-0.2, 0) is 23.8 Å². The Morgan fingerprint density at radius 2 is 1.86 bits per heavy atom. The van der Waals surface area contributed by atoms with Crippen LogP contribution in [0.3, 0.4) is 0 Å². The van der Waals surface area contributed by atoms with Gasteiger partial charge in [-0.3, -0.25) is 9.59 Å². The Hall–Kier alpha value is -2.21. The fourth-order valence-electron chi connectivity index (χ4n) is 9.04. The molecule has 11 heteroatoms. The largest absolute Gasteiger partial charge is 0.441 e. The summed E-state index contributed by atoms with van der Waals surface area (Å²) in [5, 5.41) is 11.7. The molecule has 10 atom stereocenters. The van der Waals surface area contributed by atoms with Gasteiger partial charge in [0.15, 0.2) is 29.9 Å². The van der Waals surface area contributed by atoms with E-state index in [1.165, 1.54) is 17.1 Å². The summed E-state index contributed by atoms with van der Waals surface area (Å²) in [4.78, 5) is 43.1. The van der Waals surface area contributed by atoms with Gasteiger partial charge in [0.1, 0.15) is 6.17 Å². The van der Waals surface area contributed by atoms with Crippen LogP contribution in [0.2, 0.25) is 0 Å². The summed E-state index contributed by atoms with van der Waals surface area (Å²) < 4.78 is 51.9. The van der Waals surface area contributed by atoms with Gasteiger partial charge in [-0.25, -0.2) is 13.6 Å². The van der Waals surface area contributed by atoms with Gasteiger partial charge >= 0.3 is 6.09 Å². The Bertz CT molecular complexity index is 1230. The number of ether oxygens (including phenoxy) is 3. The number of hydrogen-bond acceptors (Lipinski definition) is 8. The van der Waals surface area contributed by atoms with Crippen molar-refractivity contribution < 1.29 is 42.5 Å². The molecule has 1 amide bonds. The van der Waals surface area contributed by atoms with E-state index in [4.69, 9.17) is 14.2 Å². The fourth-order valence-corrected chi connectivity index (χ4v) is 9.04. The van der Waals surface area contributed by atoms with E-state index in [9.17, 15) is 19.5 Å². The average molecular weight is 623 g/mol. The van der Waals surface area contributed by atoms with E-state index in [0.717, 1.165) is 19.0 Å². The Morgan fingerprint density at radius 3 is 2.52 bits per heavy atom. The van der Waals surface area contributed by atoms with Crippen LogP contribution in [0.5, 0.6) is 0 Å². The number of Topliss-reactive ketones (excluding diaryl/α,β-unsaturated/α-hetero) is 1. The smallest absolute Gasteiger partial charge is 0.410 e. The number of rotatable bonds is 10. The van der Waals surface area contributed by atoms with Crippen molar-refractivity contribution in [1.82, 2.24) is 9.80 Å². The van der Waals surface area contributed by atoms with Crippen molar-refractivity contribution in [2.45, 2.75) is 103 Å². The predicted molar refractivity (Wildman–Crippen MR) is 158 cm³/mol. The number of halogens is 2. The van der Waals surface area contributed by atoms with E-state index in [0.29, 0.717) is 26.1 Å². The van der Waals surface area contributed by atoms with Gasteiger partial charge in [0.05, 0.1) is 12.2 Å². The van der Waals surface area contributed by atoms with Crippen LogP contribution in [-0.4, -0.2) is 108 Å². The maximum atomic E-state index is 17.6. The normalized spacial score (nSPS) is 42.3. The van der Waals surface area contributed by atoms with Gasteiger partial charge in [0.25, 0.3) is 0 Å². The van der Waals surface area contributed by atoms with Gasteiger partial charge in [0, 0.05) is 36.4 Å². The first-order valence-electron chi connectivity index (χ1n) is 16.2. The molecule has 0 aromatic rings. The molecule has 0 aromatic carbocycles.